The summed E-state index contributed by atoms with van der Waals surface area (Å²) < 4.78 is 29.1. The van der Waals surface area contributed by atoms with Crippen molar-refractivity contribution in [2.45, 2.75) is 12.8 Å². The van der Waals surface area contributed by atoms with Crippen LogP contribution >= 0.6 is 0 Å². The SMILES string of the molecule is COC(=O)Cc1[nH]c(=O)c(C(F)F)cc1[N+](=O)[O-]. The highest BCUT2D eigenvalue weighted by Crippen LogP contribution is 2.22. The molecule has 9 heteroatoms. The fraction of sp³-hybridized carbons (Fsp3) is 0.333. The number of alkyl halides is 2. The molecule has 0 atom stereocenters. The normalized spacial score (nSPS) is 10.4. The highest BCUT2D eigenvalue weighted by Gasteiger charge is 2.23. The lowest BCUT2D eigenvalue weighted by Gasteiger charge is -2.04. The van der Waals surface area contributed by atoms with Gasteiger partial charge >= 0.3 is 5.97 Å². The molecule has 0 aliphatic heterocycles. The van der Waals surface area contributed by atoms with Gasteiger partial charge in [0.05, 0.1) is 24.0 Å². The molecule has 0 saturated heterocycles. The highest BCUT2D eigenvalue weighted by atomic mass is 19.3. The van der Waals surface area contributed by atoms with Gasteiger partial charge in [0.1, 0.15) is 5.69 Å². The van der Waals surface area contributed by atoms with Gasteiger partial charge in [-0.2, -0.15) is 0 Å². The number of aromatic nitrogens is 1. The number of ether oxygens (including phenoxy) is 1. The second kappa shape index (κ2) is 5.34. The van der Waals surface area contributed by atoms with Crippen molar-refractivity contribution in [3.8, 4) is 0 Å². The molecule has 0 aromatic carbocycles. The molecule has 98 valence electrons. The number of esters is 1. The number of aromatic amines is 1. The molecule has 0 bridgehead atoms. The Morgan fingerprint density at radius 3 is 2.67 bits per heavy atom. The van der Waals surface area contributed by atoms with Gasteiger partial charge in [0, 0.05) is 6.07 Å². The zero-order chi connectivity index (χ0) is 13.9. The first-order valence-electron chi connectivity index (χ1n) is 4.62. The molecule has 0 aliphatic carbocycles. The molecular formula is C9H8F2N2O5. The second-order valence-corrected chi connectivity index (χ2v) is 3.23. The van der Waals surface area contributed by atoms with Crippen molar-refractivity contribution in [2.75, 3.05) is 7.11 Å². The summed E-state index contributed by atoms with van der Waals surface area (Å²) in [6.07, 6.45) is -3.72. The summed E-state index contributed by atoms with van der Waals surface area (Å²) in [7, 11) is 1.06. The van der Waals surface area contributed by atoms with Gasteiger partial charge in [-0.3, -0.25) is 19.7 Å². The van der Waals surface area contributed by atoms with Crippen LogP contribution in [0.15, 0.2) is 10.9 Å². The Morgan fingerprint density at radius 1 is 1.61 bits per heavy atom. The number of hydrogen-bond donors (Lipinski definition) is 1. The number of carbonyl (C=O) groups excluding carboxylic acids is 1. The van der Waals surface area contributed by atoms with Gasteiger partial charge in [0.2, 0.25) is 0 Å². The monoisotopic (exact) mass is 262 g/mol. The van der Waals surface area contributed by atoms with Gasteiger partial charge in [-0.25, -0.2) is 8.78 Å². The van der Waals surface area contributed by atoms with E-state index in [9.17, 15) is 28.5 Å². The maximum atomic E-state index is 12.4. The predicted octanol–water partition coefficient (Wildman–Crippen LogP) is 0.936. The summed E-state index contributed by atoms with van der Waals surface area (Å²) in [6, 6.07) is 0.460. The lowest BCUT2D eigenvalue weighted by atomic mass is 10.2. The van der Waals surface area contributed by atoms with Crippen LogP contribution in [-0.4, -0.2) is 23.0 Å². The number of rotatable bonds is 4. The van der Waals surface area contributed by atoms with E-state index < -0.39 is 40.5 Å². The Labute approximate surface area is 98.5 Å². The minimum absolute atomic E-state index is 0.374. The Kier molecular flexibility index (Phi) is 4.08. The van der Waals surface area contributed by atoms with Gasteiger partial charge in [0.25, 0.3) is 17.7 Å². The number of methoxy groups -OCH3 is 1. The van der Waals surface area contributed by atoms with Gasteiger partial charge < -0.3 is 9.72 Å². The smallest absolute Gasteiger partial charge is 0.311 e. The molecule has 18 heavy (non-hydrogen) atoms. The van der Waals surface area contributed by atoms with Crippen LogP contribution in [0.1, 0.15) is 17.7 Å². The third-order valence-electron chi connectivity index (χ3n) is 2.11. The van der Waals surface area contributed by atoms with Crippen LogP contribution in [0.25, 0.3) is 0 Å². The zero-order valence-corrected chi connectivity index (χ0v) is 9.11. The first kappa shape index (κ1) is 13.7. The maximum absolute atomic E-state index is 12.4. The second-order valence-electron chi connectivity index (χ2n) is 3.23. The molecule has 1 aromatic heterocycles. The maximum Gasteiger partial charge on any atom is 0.311 e. The van der Waals surface area contributed by atoms with E-state index in [2.05, 4.69) is 4.74 Å². The number of hydrogen-bond acceptors (Lipinski definition) is 5. The largest absolute Gasteiger partial charge is 0.469 e. The fourth-order valence-corrected chi connectivity index (χ4v) is 1.25. The minimum Gasteiger partial charge on any atom is -0.469 e. The molecule has 0 aliphatic rings. The van der Waals surface area contributed by atoms with Gasteiger partial charge in [0.15, 0.2) is 0 Å². The molecule has 0 saturated carbocycles. The average molecular weight is 262 g/mol. The van der Waals surface area contributed by atoms with Crippen molar-refractivity contribution in [3.63, 3.8) is 0 Å². The van der Waals surface area contributed by atoms with E-state index in [1.807, 2.05) is 4.98 Å². The molecular weight excluding hydrogens is 254 g/mol. The summed E-state index contributed by atoms with van der Waals surface area (Å²) in [5, 5.41) is 10.7. The van der Waals surface area contributed by atoms with Crippen molar-refractivity contribution in [1.82, 2.24) is 4.98 Å². The van der Waals surface area contributed by atoms with E-state index in [1.165, 1.54) is 0 Å². The number of nitrogens with one attached hydrogen (secondary N) is 1. The lowest BCUT2D eigenvalue weighted by molar-refractivity contribution is -0.386. The number of carbonyl (C=O) groups is 1. The van der Waals surface area contributed by atoms with Gasteiger partial charge in [-0.1, -0.05) is 0 Å². The topological polar surface area (TPSA) is 102 Å². The van der Waals surface area contributed by atoms with Crippen LogP contribution in [-0.2, 0) is 16.0 Å². The molecule has 1 heterocycles. The molecule has 0 amide bonds. The summed E-state index contributed by atoms with van der Waals surface area (Å²) in [5.41, 5.74) is -3.32. The molecule has 1 aromatic rings. The van der Waals surface area contributed by atoms with Crippen LogP contribution in [0.4, 0.5) is 14.5 Å². The van der Waals surface area contributed by atoms with Crippen molar-refractivity contribution < 1.29 is 23.2 Å². The fourth-order valence-electron chi connectivity index (χ4n) is 1.25. The van der Waals surface area contributed by atoms with Gasteiger partial charge in [-0.05, 0) is 0 Å². The molecule has 0 unspecified atom stereocenters. The van der Waals surface area contributed by atoms with E-state index >= 15 is 0 Å². The van der Waals surface area contributed by atoms with Crippen LogP contribution in [0.5, 0.6) is 0 Å². The molecule has 0 fully saturated rings. The third kappa shape index (κ3) is 2.87. The Bertz CT molecular complexity index is 540. The summed E-state index contributed by atoms with van der Waals surface area (Å²) in [5.74, 6) is -0.835. The Morgan fingerprint density at radius 2 is 2.22 bits per heavy atom. The highest BCUT2D eigenvalue weighted by molar-refractivity contribution is 5.73. The molecule has 0 spiro atoms. The first-order chi connectivity index (χ1) is 8.36. The van der Waals surface area contributed by atoms with Crippen molar-refractivity contribution in [1.29, 1.82) is 0 Å². The van der Waals surface area contributed by atoms with E-state index in [-0.39, 0.29) is 5.69 Å². The van der Waals surface area contributed by atoms with Crippen LogP contribution in [0, 0.1) is 10.1 Å². The van der Waals surface area contributed by atoms with E-state index in [0.29, 0.717) is 6.07 Å². The first-order valence-corrected chi connectivity index (χ1v) is 4.62. The van der Waals surface area contributed by atoms with Crippen LogP contribution < -0.4 is 5.56 Å². The zero-order valence-electron chi connectivity index (χ0n) is 9.11. The van der Waals surface area contributed by atoms with Gasteiger partial charge in [-0.15, -0.1) is 0 Å². The van der Waals surface area contributed by atoms with Crippen molar-refractivity contribution >= 4 is 11.7 Å². The van der Waals surface area contributed by atoms with Crippen molar-refractivity contribution in [2.24, 2.45) is 0 Å². The number of nitro groups is 1. The molecule has 1 N–H and O–H groups in total. The molecule has 1 rings (SSSR count). The number of H-pyrrole nitrogens is 1. The third-order valence-corrected chi connectivity index (χ3v) is 2.11. The lowest BCUT2D eigenvalue weighted by Crippen LogP contribution is -2.19. The summed E-state index contributed by atoms with van der Waals surface area (Å²) in [4.78, 5) is 33.8. The minimum atomic E-state index is -3.14. The molecule has 0 radical (unpaired) electrons. The summed E-state index contributed by atoms with van der Waals surface area (Å²) in [6.45, 7) is 0. The van der Waals surface area contributed by atoms with E-state index in [4.69, 9.17) is 0 Å². The molecule has 7 nitrogen and oxygen atoms in total. The predicted molar refractivity (Wildman–Crippen MR) is 54.4 cm³/mol. The quantitative estimate of drug-likeness (QED) is 0.494. The Balaban J connectivity index is 3.34. The van der Waals surface area contributed by atoms with Crippen molar-refractivity contribution in [3.05, 3.63) is 37.8 Å². The Hall–Kier alpha value is -2.32. The average Bonchev–Trinajstić information content (AvgIpc) is 2.27. The van der Waals surface area contributed by atoms with E-state index in [1.54, 1.807) is 0 Å². The van der Waals surface area contributed by atoms with Crippen LogP contribution in [0.2, 0.25) is 0 Å². The standard InChI is InChI=1S/C9H8F2N2O5/c1-18-7(14)3-5-6(13(16)17)2-4(8(10)11)9(15)12-5/h2,8H,3H2,1H3,(H,12,15). The number of nitrogens with zero attached hydrogens (tertiary/aromatic N) is 1. The van der Waals surface area contributed by atoms with E-state index in [0.717, 1.165) is 7.11 Å². The number of halogens is 2. The number of pyridine rings is 1. The van der Waals surface area contributed by atoms with Crippen LogP contribution in [0.3, 0.4) is 0 Å². The summed E-state index contributed by atoms with van der Waals surface area (Å²) >= 11 is 0.